The molecule has 0 aliphatic carbocycles. The van der Waals surface area contributed by atoms with E-state index in [1.807, 2.05) is 0 Å². The Hall–Kier alpha value is -3.04. The first-order valence-electron chi connectivity index (χ1n) is 10.4. The smallest absolute Gasteiger partial charge is 0.260 e. The topological polar surface area (TPSA) is 103 Å². The van der Waals surface area contributed by atoms with Gasteiger partial charge in [0.1, 0.15) is 23.3 Å². The molecular weight excluding hydrogens is 470 g/mol. The van der Waals surface area contributed by atoms with Gasteiger partial charge in [-0.25, -0.2) is 8.42 Å². The summed E-state index contributed by atoms with van der Waals surface area (Å²) in [4.78, 5) is 26.9. The maximum Gasteiger partial charge on any atom is 0.260 e. The molecule has 2 heterocycles. The minimum Gasteiger partial charge on any atom is -0.484 e. The monoisotopic (exact) mass is 491 g/mol. The average Bonchev–Trinajstić information content (AvgIpc) is 3.15. The standard InChI is InChI=1S/C23H22ClNO7S/c1-2-25(16-9-10-33(28,29)14-16)22(26)13-30-18-7-8-19-20(11-18)31-12-21(23(19)27)32-17-5-3-15(24)4-6-17/h3-8,11-12,16H,2,9-10,13-14H2,1H3. The summed E-state index contributed by atoms with van der Waals surface area (Å²) in [5.74, 6) is 0.594. The van der Waals surface area contributed by atoms with Crippen molar-refractivity contribution >= 4 is 38.3 Å². The van der Waals surface area contributed by atoms with E-state index in [4.69, 9.17) is 25.5 Å². The molecule has 1 aromatic heterocycles. The Morgan fingerprint density at radius 2 is 1.91 bits per heavy atom. The van der Waals surface area contributed by atoms with Crippen molar-refractivity contribution in [2.75, 3.05) is 24.7 Å². The zero-order valence-electron chi connectivity index (χ0n) is 17.8. The van der Waals surface area contributed by atoms with Crippen LogP contribution in [0.5, 0.6) is 17.2 Å². The molecule has 1 fully saturated rings. The Balaban J connectivity index is 1.45. The molecule has 0 N–H and O–H groups in total. The average molecular weight is 492 g/mol. The van der Waals surface area contributed by atoms with Gasteiger partial charge in [-0.2, -0.15) is 0 Å². The van der Waals surface area contributed by atoms with Crippen molar-refractivity contribution in [3.8, 4) is 17.2 Å². The molecule has 174 valence electrons. The van der Waals surface area contributed by atoms with Crippen LogP contribution in [-0.2, 0) is 14.6 Å². The van der Waals surface area contributed by atoms with Crippen LogP contribution in [0.2, 0.25) is 5.02 Å². The quantitative estimate of drug-likeness (QED) is 0.497. The lowest BCUT2D eigenvalue weighted by Crippen LogP contribution is -2.43. The molecule has 8 nitrogen and oxygen atoms in total. The number of amides is 1. The maximum atomic E-state index is 12.7. The Labute approximate surface area is 195 Å². The van der Waals surface area contributed by atoms with Crippen LogP contribution in [0.1, 0.15) is 13.3 Å². The number of sulfone groups is 1. The molecule has 10 heteroatoms. The molecule has 1 amide bonds. The van der Waals surface area contributed by atoms with Crippen LogP contribution in [-0.4, -0.2) is 49.9 Å². The van der Waals surface area contributed by atoms with E-state index in [0.29, 0.717) is 34.9 Å². The summed E-state index contributed by atoms with van der Waals surface area (Å²) < 4.78 is 40.2. The van der Waals surface area contributed by atoms with Crippen LogP contribution in [0.4, 0.5) is 0 Å². The predicted octanol–water partition coefficient (Wildman–Crippen LogP) is 3.65. The van der Waals surface area contributed by atoms with E-state index in [1.165, 1.54) is 23.3 Å². The molecule has 1 saturated heterocycles. The van der Waals surface area contributed by atoms with Gasteiger partial charge in [0, 0.05) is 23.7 Å². The molecule has 3 aromatic rings. The molecule has 0 bridgehead atoms. The van der Waals surface area contributed by atoms with Crippen LogP contribution >= 0.6 is 11.6 Å². The van der Waals surface area contributed by atoms with Gasteiger partial charge in [0.25, 0.3) is 5.91 Å². The highest BCUT2D eigenvalue weighted by Gasteiger charge is 2.34. The largest absolute Gasteiger partial charge is 0.484 e. The number of hydrogen-bond acceptors (Lipinski definition) is 7. The molecule has 0 radical (unpaired) electrons. The van der Waals surface area contributed by atoms with Crippen molar-refractivity contribution in [3.63, 3.8) is 0 Å². The SMILES string of the molecule is CCN(C(=O)COc1ccc2c(=O)c(Oc3ccc(Cl)cc3)coc2c1)C1CCS(=O)(=O)C1. The van der Waals surface area contributed by atoms with Crippen molar-refractivity contribution < 1.29 is 27.1 Å². The van der Waals surface area contributed by atoms with E-state index in [2.05, 4.69) is 0 Å². The van der Waals surface area contributed by atoms with E-state index in [-0.39, 0.29) is 46.8 Å². The minimum atomic E-state index is -3.10. The van der Waals surface area contributed by atoms with Crippen LogP contribution in [0.3, 0.4) is 0 Å². The van der Waals surface area contributed by atoms with E-state index in [9.17, 15) is 18.0 Å². The second-order valence-electron chi connectivity index (χ2n) is 7.67. The van der Waals surface area contributed by atoms with Crippen LogP contribution < -0.4 is 14.9 Å². The molecule has 1 unspecified atom stereocenters. The number of likely N-dealkylation sites (N-methyl/N-ethyl adjacent to an activating group) is 1. The number of carbonyl (C=O) groups excluding carboxylic acids is 1. The summed E-state index contributed by atoms with van der Waals surface area (Å²) in [7, 11) is -3.10. The summed E-state index contributed by atoms with van der Waals surface area (Å²) in [6, 6.07) is 10.9. The fourth-order valence-corrected chi connectivity index (χ4v) is 5.62. The lowest BCUT2D eigenvalue weighted by atomic mass is 10.2. The van der Waals surface area contributed by atoms with Crippen LogP contribution in [0, 0.1) is 0 Å². The highest BCUT2D eigenvalue weighted by molar-refractivity contribution is 7.91. The van der Waals surface area contributed by atoms with Gasteiger partial charge < -0.3 is 18.8 Å². The fraction of sp³-hybridized carbons (Fsp3) is 0.304. The van der Waals surface area contributed by atoms with Gasteiger partial charge in [-0.15, -0.1) is 0 Å². The number of hydrogen-bond donors (Lipinski definition) is 0. The zero-order valence-corrected chi connectivity index (χ0v) is 19.4. The first kappa shape index (κ1) is 23.1. The Morgan fingerprint density at radius 3 is 2.58 bits per heavy atom. The lowest BCUT2D eigenvalue weighted by molar-refractivity contribution is -0.135. The van der Waals surface area contributed by atoms with Crippen molar-refractivity contribution in [2.24, 2.45) is 0 Å². The zero-order chi connectivity index (χ0) is 23.6. The lowest BCUT2D eigenvalue weighted by Gasteiger charge is -2.26. The number of fused-ring (bicyclic) bond motifs is 1. The van der Waals surface area contributed by atoms with Crippen LogP contribution in [0.25, 0.3) is 11.0 Å². The van der Waals surface area contributed by atoms with E-state index >= 15 is 0 Å². The molecule has 4 rings (SSSR count). The molecule has 0 saturated carbocycles. The van der Waals surface area contributed by atoms with Crippen LogP contribution in [0.15, 0.2) is 57.9 Å². The maximum absolute atomic E-state index is 12.7. The molecule has 33 heavy (non-hydrogen) atoms. The Bertz CT molecular complexity index is 1340. The van der Waals surface area contributed by atoms with Gasteiger partial charge in [-0.05, 0) is 49.7 Å². The number of nitrogens with zero attached hydrogens (tertiary/aromatic N) is 1. The van der Waals surface area contributed by atoms with Gasteiger partial charge in [0.15, 0.2) is 16.4 Å². The molecular formula is C23H22ClNO7S. The third kappa shape index (κ3) is 5.31. The van der Waals surface area contributed by atoms with E-state index in [0.717, 1.165) is 0 Å². The van der Waals surface area contributed by atoms with Crippen molar-refractivity contribution in [1.82, 2.24) is 4.90 Å². The predicted molar refractivity (Wildman–Crippen MR) is 124 cm³/mol. The molecule has 1 atom stereocenters. The first-order chi connectivity index (χ1) is 15.8. The number of benzene rings is 2. The third-order valence-electron chi connectivity index (χ3n) is 5.43. The highest BCUT2D eigenvalue weighted by Crippen LogP contribution is 2.25. The molecule has 0 spiro atoms. The number of rotatable bonds is 7. The van der Waals surface area contributed by atoms with E-state index < -0.39 is 9.84 Å². The number of carbonyl (C=O) groups is 1. The Kier molecular flexibility index (Phi) is 6.62. The normalized spacial score (nSPS) is 17.1. The van der Waals surface area contributed by atoms with Crippen molar-refractivity contribution in [2.45, 2.75) is 19.4 Å². The van der Waals surface area contributed by atoms with Gasteiger partial charge in [0.05, 0.1) is 16.9 Å². The van der Waals surface area contributed by atoms with E-state index in [1.54, 1.807) is 37.3 Å². The summed E-state index contributed by atoms with van der Waals surface area (Å²) >= 11 is 5.86. The Morgan fingerprint density at radius 1 is 1.18 bits per heavy atom. The molecule has 2 aromatic carbocycles. The highest BCUT2D eigenvalue weighted by atomic mass is 35.5. The first-order valence-corrected chi connectivity index (χ1v) is 12.6. The van der Waals surface area contributed by atoms with Crippen molar-refractivity contribution in [1.29, 1.82) is 0 Å². The van der Waals surface area contributed by atoms with Gasteiger partial charge >= 0.3 is 0 Å². The second kappa shape index (κ2) is 9.44. The number of halogens is 1. The summed E-state index contributed by atoms with van der Waals surface area (Å²) in [5.41, 5.74) is -0.0731. The van der Waals surface area contributed by atoms with Crippen molar-refractivity contribution in [3.05, 3.63) is 64.0 Å². The number of ether oxygens (including phenoxy) is 2. The fourth-order valence-electron chi connectivity index (χ4n) is 3.77. The van der Waals surface area contributed by atoms with Gasteiger partial charge in [0.2, 0.25) is 11.2 Å². The summed E-state index contributed by atoms with van der Waals surface area (Å²) in [6.45, 7) is 1.94. The molecule has 1 aliphatic rings. The van der Waals surface area contributed by atoms with Gasteiger partial charge in [-0.1, -0.05) is 11.6 Å². The second-order valence-corrected chi connectivity index (χ2v) is 10.3. The minimum absolute atomic E-state index is 0.0197. The summed E-state index contributed by atoms with van der Waals surface area (Å²) in [6.07, 6.45) is 1.65. The van der Waals surface area contributed by atoms with Gasteiger partial charge in [-0.3, -0.25) is 9.59 Å². The third-order valence-corrected chi connectivity index (χ3v) is 7.43. The summed E-state index contributed by atoms with van der Waals surface area (Å²) in [5, 5.41) is 0.848. The molecule has 1 aliphatic heterocycles.